The molecule has 0 spiro atoms. The van der Waals surface area contributed by atoms with Crippen molar-refractivity contribution in [1.82, 2.24) is 0 Å². The summed E-state index contributed by atoms with van der Waals surface area (Å²) in [6, 6.07) is 8.74. The minimum Gasteiger partial charge on any atom is -0.458 e. The number of benzene rings is 1. The van der Waals surface area contributed by atoms with Crippen molar-refractivity contribution in [2.45, 2.75) is 6.10 Å². The summed E-state index contributed by atoms with van der Waals surface area (Å²) in [4.78, 5) is 23.3. The predicted molar refractivity (Wildman–Crippen MR) is 64.4 cm³/mol. The fraction of sp³-hybridized carbons (Fsp3) is 0.429. The topological polar surface area (TPSA) is 61.8 Å². The lowest BCUT2D eigenvalue weighted by Crippen LogP contribution is -2.26. The minimum atomic E-state index is -0.404. The first-order valence-corrected chi connectivity index (χ1v) is 6.26. The summed E-state index contributed by atoms with van der Waals surface area (Å²) < 4.78 is 15.7. The number of carbonyl (C=O) groups excluding carboxylic acids is 2. The van der Waals surface area contributed by atoms with Gasteiger partial charge in [0.15, 0.2) is 0 Å². The van der Waals surface area contributed by atoms with Crippen molar-refractivity contribution in [3.63, 3.8) is 0 Å². The second-order valence-electron chi connectivity index (χ2n) is 4.75. The highest BCUT2D eigenvalue weighted by Crippen LogP contribution is 2.33. The van der Waals surface area contributed by atoms with Crippen LogP contribution in [0.1, 0.15) is 10.4 Å². The molecule has 1 aromatic carbocycles. The minimum absolute atomic E-state index is 0.0103. The molecule has 19 heavy (non-hydrogen) atoms. The van der Waals surface area contributed by atoms with E-state index >= 15 is 0 Å². The van der Waals surface area contributed by atoms with Gasteiger partial charge in [0.05, 0.1) is 24.7 Å². The van der Waals surface area contributed by atoms with Crippen LogP contribution in [0.4, 0.5) is 0 Å². The Morgan fingerprint density at radius 3 is 2.84 bits per heavy atom. The fourth-order valence-corrected chi connectivity index (χ4v) is 2.48. The van der Waals surface area contributed by atoms with Crippen LogP contribution in [-0.4, -0.2) is 37.9 Å². The molecule has 0 N–H and O–H groups in total. The van der Waals surface area contributed by atoms with Crippen molar-refractivity contribution in [2.75, 3.05) is 19.8 Å². The molecular formula is C14H14O5. The van der Waals surface area contributed by atoms with E-state index in [-0.39, 0.29) is 30.5 Å². The maximum Gasteiger partial charge on any atom is 0.338 e. The van der Waals surface area contributed by atoms with E-state index in [0.717, 1.165) is 0 Å². The number of carbonyl (C=O) groups is 2. The first kappa shape index (κ1) is 12.2. The fourth-order valence-electron chi connectivity index (χ4n) is 2.48. The van der Waals surface area contributed by atoms with E-state index in [0.29, 0.717) is 18.8 Å². The largest absolute Gasteiger partial charge is 0.458 e. The molecule has 0 saturated carbocycles. The quantitative estimate of drug-likeness (QED) is 0.761. The van der Waals surface area contributed by atoms with Crippen LogP contribution in [0.2, 0.25) is 0 Å². The highest BCUT2D eigenvalue weighted by atomic mass is 16.6. The third-order valence-electron chi connectivity index (χ3n) is 3.56. The van der Waals surface area contributed by atoms with Crippen LogP contribution in [0.25, 0.3) is 0 Å². The number of rotatable bonds is 3. The molecule has 5 heteroatoms. The summed E-state index contributed by atoms with van der Waals surface area (Å²) in [6.45, 7) is 0.987. The van der Waals surface area contributed by atoms with Gasteiger partial charge < -0.3 is 14.2 Å². The molecule has 2 saturated heterocycles. The maximum absolute atomic E-state index is 11.8. The van der Waals surface area contributed by atoms with Crippen molar-refractivity contribution < 1.29 is 23.8 Å². The molecule has 5 nitrogen and oxygen atoms in total. The van der Waals surface area contributed by atoms with E-state index in [1.807, 2.05) is 6.07 Å². The Bertz CT molecular complexity index is 484. The molecule has 3 atom stereocenters. The van der Waals surface area contributed by atoms with Gasteiger partial charge in [-0.3, -0.25) is 4.79 Å². The number of ether oxygens (including phenoxy) is 3. The monoisotopic (exact) mass is 262 g/mol. The van der Waals surface area contributed by atoms with E-state index in [1.54, 1.807) is 24.3 Å². The van der Waals surface area contributed by atoms with Gasteiger partial charge in [-0.25, -0.2) is 4.79 Å². The van der Waals surface area contributed by atoms with Gasteiger partial charge in [0.25, 0.3) is 0 Å². The van der Waals surface area contributed by atoms with Gasteiger partial charge in [-0.1, -0.05) is 18.2 Å². The van der Waals surface area contributed by atoms with Crippen LogP contribution >= 0.6 is 0 Å². The Balaban J connectivity index is 1.58. The van der Waals surface area contributed by atoms with Crippen LogP contribution < -0.4 is 0 Å². The highest BCUT2D eigenvalue weighted by molar-refractivity contribution is 5.89. The predicted octanol–water partition coefficient (Wildman–Crippen LogP) is 1.03. The van der Waals surface area contributed by atoms with Crippen molar-refractivity contribution in [2.24, 2.45) is 11.8 Å². The molecule has 0 amide bonds. The average molecular weight is 262 g/mol. The van der Waals surface area contributed by atoms with Crippen molar-refractivity contribution in [1.29, 1.82) is 0 Å². The van der Waals surface area contributed by atoms with E-state index < -0.39 is 5.97 Å². The molecule has 0 aliphatic carbocycles. The van der Waals surface area contributed by atoms with Crippen molar-refractivity contribution in [3.8, 4) is 0 Å². The molecule has 0 bridgehead atoms. The second-order valence-corrected chi connectivity index (χ2v) is 4.75. The molecule has 2 fully saturated rings. The van der Waals surface area contributed by atoms with Crippen LogP contribution in [-0.2, 0) is 19.0 Å². The zero-order chi connectivity index (χ0) is 13.2. The lowest BCUT2D eigenvalue weighted by atomic mass is 9.94. The number of hydrogen-bond acceptors (Lipinski definition) is 5. The van der Waals surface area contributed by atoms with Crippen LogP contribution in [0.5, 0.6) is 0 Å². The molecule has 2 aliphatic heterocycles. The Morgan fingerprint density at radius 1 is 1.26 bits per heavy atom. The number of hydrogen-bond donors (Lipinski definition) is 0. The first-order valence-electron chi connectivity index (χ1n) is 6.26. The lowest BCUT2D eigenvalue weighted by molar-refractivity contribution is -0.147. The van der Waals surface area contributed by atoms with Crippen LogP contribution in [0, 0.1) is 11.8 Å². The van der Waals surface area contributed by atoms with Gasteiger partial charge in [0, 0.05) is 5.92 Å². The smallest absolute Gasteiger partial charge is 0.338 e. The standard InChI is InChI=1S/C14H14O5/c15-13(9-4-2-1-3-5-9)18-8-12-10-6-17-7-11(10)14(16)19-12/h1-5,10-12H,6-8H2/t10-,11+,12-/m1/s1. The Hall–Kier alpha value is -1.88. The van der Waals surface area contributed by atoms with Crippen molar-refractivity contribution >= 4 is 11.9 Å². The van der Waals surface area contributed by atoms with E-state index in [9.17, 15) is 9.59 Å². The molecule has 2 heterocycles. The molecular weight excluding hydrogens is 248 g/mol. The summed E-state index contributed by atoms with van der Waals surface area (Å²) in [7, 11) is 0. The van der Waals surface area contributed by atoms with Gasteiger partial charge in [-0.2, -0.15) is 0 Å². The van der Waals surface area contributed by atoms with E-state index in [4.69, 9.17) is 14.2 Å². The van der Waals surface area contributed by atoms with Crippen LogP contribution in [0.3, 0.4) is 0 Å². The summed E-state index contributed by atoms with van der Waals surface area (Å²) in [5, 5.41) is 0. The molecule has 3 rings (SSSR count). The third-order valence-corrected chi connectivity index (χ3v) is 3.56. The summed E-state index contributed by atoms with van der Waals surface area (Å²) in [5.41, 5.74) is 0.492. The SMILES string of the molecule is O=C(OC[C@H]1OC(=O)[C@H]2COC[C@H]21)c1ccccc1. The number of cyclic esters (lactones) is 1. The zero-order valence-corrected chi connectivity index (χ0v) is 10.3. The van der Waals surface area contributed by atoms with Gasteiger partial charge in [0.1, 0.15) is 12.7 Å². The molecule has 0 radical (unpaired) electrons. The number of esters is 2. The van der Waals surface area contributed by atoms with Crippen LogP contribution in [0.15, 0.2) is 30.3 Å². The Kier molecular flexibility index (Phi) is 3.21. The lowest BCUT2D eigenvalue weighted by Gasteiger charge is -2.15. The normalized spacial score (nSPS) is 28.8. The first-order chi connectivity index (χ1) is 9.25. The maximum atomic E-state index is 11.8. The molecule has 100 valence electrons. The Labute approximate surface area is 110 Å². The molecule has 0 unspecified atom stereocenters. The highest BCUT2D eigenvalue weighted by Gasteiger charge is 2.48. The zero-order valence-electron chi connectivity index (χ0n) is 10.3. The molecule has 0 aromatic heterocycles. The van der Waals surface area contributed by atoms with Crippen molar-refractivity contribution in [3.05, 3.63) is 35.9 Å². The second kappa shape index (κ2) is 5.01. The summed E-state index contributed by atoms with van der Waals surface area (Å²) in [5.74, 6) is -0.834. The Morgan fingerprint density at radius 2 is 2.05 bits per heavy atom. The van der Waals surface area contributed by atoms with Gasteiger partial charge >= 0.3 is 11.9 Å². The van der Waals surface area contributed by atoms with Gasteiger partial charge in [-0.15, -0.1) is 0 Å². The average Bonchev–Trinajstić information content (AvgIpc) is 3.02. The molecule has 1 aromatic rings. The summed E-state index contributed by atoms with van der Waals surface area (Å²) in [6.07, 6.45) is -0.382. The summed E-state index contributed by atoms with van der Waals surface area (Å²) >= 11 is 0. The van der Waals surface area contributed by atoms with E-state index in [2.05, 4.69) is 0 Å². The number of fused-ring (bicyclic) bond motifs is 1. The van der Waals surface area contributed by atoms with Gasteiger partial charge in [-0.05, 0) is 12.1 Å². The molecule has 2 aliphatic rings. The third kappa shape index (κ3) is 2.33. The van der Waals surface area contributed by atoms with Gasteiger partial charge in [0.2, 0.25) is 0 Å². The van der Waals surface area contributed by atoms with E-state index in [1.165, 1.54) is 0 Å².